The lowest BCUT2D eigenvalue weighted by molar-refractivity contribution is -0.127. The summed E-state index contributed by atoms with van der Waals surface area (Å²) in [6.07, 6.45) is 1.30. The van der Waals surface area contributed by atoms with Crippen molar-refractivity contribution in [2.75, 3.05) is 6.61 Å². The molecule has 2 amide bonds. The highest BCUT2D eigenvalue weighted by atomic mass is 16.5. The molecule has 8 nitrogen and oxygen atoms in total. The van der Waals surface area contributed by atoms with Gasteiger partial charge in [0.15, 0.2) is 6.10 Å². The van der Waals surface area contributed by atoms with E-state index in [4.69, 9.17) is 10.5 Å². The molecule has 0 radical (unpaired) electrons. The number of ether oxygens (including phenoxy) is 1. The van der Waals surface area contributed by atoms with Gasteiger partial charge in [0, 0.05) is 12.5 Å². The van der Waals surface area contributed by atoms with E-state index in [-0.39, 0.29) is 12.1 Å². The standard InChI is InChI=1S/C20H24N4O4/c1-12-6-7-16(18(25)19(21)26)22-20(27)17-10-13(2)23-24(17)14-4-3-5-15(11-14)28-9-8-12/h3-6,10-11,16,18,25H,7-9H2,1-2H3,(H2,21,26)(H,22,27)/b12-6+. The second kappa shape index (κ2) is 8.26. The summed E-state index contributed by atoms with van der Waals surface area (Å²) in [4.78, 5) is 24.4. The molecule has 0 fully saturated rings. The minimum Gasteiger partial charge on any atom is -0.493 e. The number of primary amides is 1. The second-order valence-electron chi connectivity index (χ2n) is 6.89. The first-order valence-corrected chi connectivity index (χ1v) is 9.09. The summed E-state index contributed by atoms with van der Waals surface area (Å²) in [5.41, 5.74) is 7.88. The molecule has 0 aliphatic carbocycles. The molecule has 1 aliphatic heterocycles. The lowest BCUT2D eigenvalue weighted by Crippen LogP contribution is -2.49. The average molecular weight is 384 g/mol. The predicted octanol–water partition coefficient (Wildman–Crippen LogP) is 1.24. The molecule has 28 heavy (non-hydrogen) atoms. The first kappa shape index (κ1) is 19.6. The van der Waals surface area contributed by atoms with Gasteiger partial charge in [0.25, 0.3) is 5.91 Å². The Kier molecular flexibility index (Phi) is 5.79. The Hall–Kier alpha value is -3.13. The first-order valence-electron chi connectivity index (χ1n) is 9.09. The van der Waals surface area contributed by atoms with Gasteiger partial charge >= 0.3 is 0 Å². The van der Waals surface area contributed by atoms with Crippen molar-refractivity contribution < 1.29 is 19.4 Å². The van der Waals surface area contributed by atoms with Gasteiger partial charge in [-0.1, -0.05) is 17.7 Å². The van der Waals surface area contributed by atoms with Crippen molar-refractivity contribution >= 4 is 11.8 Å². The zero-order valence-corrected chi connectivity index (χ0v) is 15.9. The Morgan fingerprint density at radius 2 is 2.18 bits per heavy atom. The molecular weight excluding hydrogens is 360 g/mol. The molecule has 4 N–H and O–H groups in total. The van der Waals surface area contributed by atoms with Crippen molar-refractivity contribution in [1.29, 1.82) is 0 Å². The number of carbonyl (C=O) groups is 2. The lowest BCUT2D eigenvalue weighted by atomic mass is 10.0. The highest BCUT2D eigenvalue weighted by Crippen LogP contribution is 2.20. The summed E-state index contributed by atoms with van der Waals surface area (Å²) >= 11 is 0. The Morgan fingerprint density at radius 1 is 1.39 bits per heavy atom. The summed E-state index contributed by atoms with van der Waals surface area (Å²) in [5, 5.41) is 17.3. The van der Waals surface area contributed by atoms with Crippen LogP contribution in [0.2, 0.25) is 0 Å². The van der Waals surface area contributed by atoms with E-state index in [1.54, 1.807) is 13.0 Å². The number of hydrogen-bond donors (Lipinski definition) is 3. The Bertz CT molecular complexity index is 919. The van der Waals surface area contributed by atoms with Crippen molar-refractivity contribution in [2.24, 2.45) is 5.73 Å². The highest BCUT2D eigenvalue weighted by molar-refractivity contribution is 5.94. The van der Waals surface area contributed by atoms with Crippen LogP contribution in [-0.2, 0) is 4.79 Å². The van der Waals surface area contributed by atoms with Gasteiger partial charge in [-0.15, -0.1) is 0 Å². The smallest absolute Gasteiger partial charge is 0.270 e. The lowest BCUT2D eigenvalue weighted by Gasteiger charge is -2.22. The third-order valence-corrected chi connectivity index (χ3v) is 4.60. The molecule has 1 aromatic heterocycles. The molecule has 0 saturated carbocycles. The van der Waals surface area contributed by atoms with Crippen LogP contribution < -0.4 is 15.8 Å². The number of carbonyl (C=O) groups excluding carboxylic acids is 2. The number of nitrogens with zero attached hydrogens (tertiary/aromatic N) is 2. The van der Waals surface area contributed by atoms with E-state index >= 15 is 0 Å². The van der Waals surface area contributed by atoms with Gasteiger partial charge < -0.3 is 20.9 Å². The van der Waals surface area contributed by atoms with Crippen molar-refractivity contribution in [3.63, 3.8) is 0 Å². The quantitative estimate of drug-likeness (QED) is 0.673. The fourth-order valence-corrected chi connectivity index (χ4v) is 3.03. The molecule has 2 unspecified atom stereocenters. The van der Waals surface area contributed by atoms with E-state index < -0.39 is 24.0 Å². The van der Waals surface area contributed by atoms with Gasteiger partial charge in [0.2, 0.25) is 5.91 Å². The Morgan fingerprint density at radius 3 is 2.93 bits per heavy atom. The normalized spacial score (nSPS) is 20.6. The van der Waals surface area contributed by atoms with E-state index in [1.165, 1.54) is 4.68 Å². The number of aromatic nitrogens is 2. The molecule has 8 heteroatoms. The van der Waals surface area contributed by atoms with Crippen molar-refractivity contribution in [2.45, 2.75) is 38.8 Å². The van der Waals surface area contributed by atoms with E-state index in [0.29, 0.717) is 30.2 Å². The minimum atomic E-state index is -1.50. The number of aliphatic hydroxyl groups is 1. The van der Waals surface area contributed by atoms with Crippen LogP contribution in [0, 0.1) is 6.92 Å². The predicted molar refractivity (Wildman–Crippen MR) is 103 cm³/mol. The zero-order valence-electron chi connectivity index (χ0n) is 15.9. The number of aryl methyl sites for hydroxylation is 1. The molecule has 3 rings (SSSR count). The SMILES string of the molecule is C/C1=C\CC(C(O)C(N)=O)NC(=O)c2cc(C)nn2-c2cccc(c2)OCC1. The molecule has 1 aliphatic rings. The summed E-state index contributed by atoms with van der Waals surface area (Å²) in [5.74, 6) is -0.664. The van der Waals surface area contributed by atoms with Crippen LogP contribution in [0.4, 0.5) is 0 Å². The molecule has 1 aromatic carbocycles. The van der Waals surface area contributed by atoms with E-state index in [9.17, 15) is 14.7 Å². The van der Waals surface area contributed by atoms with Crippen LogP contribution in [0.15, 0.2) is 42.0 Å². The Labute approximate surface area is 163 Å². The maximum Gasteiger partial charge on any atom is 0.270 e. The third kappa shape index (κ3) is 4.40. The number of rotatable bonds is 2. The monoisotopic (exact) mass is 384 g/mol. The minimum absolute atomic E-state index is 0.264. The summed E-state index contributed by atoms with van der Waals surface area (Å²) in [6.45, 7) is 4.19. The maximum atomic E-state index is 12.9. The fraction of sp³-hybridized carbons (Fsp3) is 0.350. The molecule has 2 heterocycles. The molecule has 2 bridgehead atoms. The van der Waals surface area contributed by atoms with Gasteiger partial charge in [-0.3, -0.25) is 9.59 Å². The van der Waals surface area contributed by atoms with Gasteiger partial charge in [-0.05, 0) is 38.5 Å². The molecule has 2 atom stereocenters. The van der Waals surface area contributed by atoms with Crippen LogP contribution in [0.3, 0.4) is 0 Å². The van der Waals surface area contributed by atoms with Crippen molar-refractivity contribution in [3.05, 3.63) is 53.4 Å². The molecule has 0 spiro atoms. The fourth-order valence-electron chi connectivity index (χ4n) is 3.03. The number of benzene rings is 1. The first-order chi connectivity index (χ1) is 13.3. The van der Waals surface area contributed by atoms with Crippen LogP contribution in [0.25, 0.3) is 5.69 Å². The molecule has 2 aromatic rings. The number of amides is 2. The number of nitrogens with two attached hydrogens (primary N) is 1. The van der Waals surface area contributed by atoms with E-state index in [0.717, 1.165) is 5.57 Å². The van der Waals surface area contributed by atoms with Crippen LogP contribution in [-0.4, -0.2) is 45.5 Å². The third-order valence-electron chi connectivity index (χ3n) is 4.60. The van der Waals surface area contributed by atoms with Crippen LogP contribution >= 0.6 is 0 Å². The summed E-state index contributed by atoms with van der Waals surface area (Å²) < 4.78 is 7.33. The largest absolute Gasteiger partial charge is 0.493 e. The number of hydrogen-bond acceptors (Lipinski definition) is 5. The van der Waals surface area contributed by atoms with Gasteiger partial charge in [0.1, 0.15) is 11.4 Å². The average Bonchev–Trinajstić information content (AvgIpc) is 3.06. The van der Waals surface area contributed by atoms with Gasteiger partial charge in [-0.2, -0.15) is 5.10 Å². The maximum absolute atomic E-state index is 12.9. The second-order valence-corrected chi connectivity index (χ2v) is 6.89. The van der Waals surface area contributed by atoms with Crippen molar-refractivity contribution in [3.8, 4) is 11.4 Å². The van der Waals surface area contributed by atoms with Crippen LogP contribution in [0.5, 0.6) is 5.75 Å². The van der Waals surface area contributed by atoms with Crippen LogP contribution in [0.1, 0.15) is 35.9 Å². The highest BCUT2D eigenvalue weighted by Gasteiger charge is 2.27. The molecular formula is C20H24N4O4. The topological polar surface area (TPSA) is 119 Å². The summed E-state index contributed by atoms with van der Waals surface area (Å²) in [6, 6.07) is 8.11. The zero-order chi connectivity index (χ0) is 20.3. The molecule has 148 valence electrons. The van der Waals surface area contributed by atoms with E-state index in [2.05, 4.69) is 10.4 Å². The number of nitrogens with one attached hydrogen (secondary N) is 1. The van der Waals surface area contributed by atoms with Crippen molar-refractivity contribution in [1.82, 2.24) is 15.1 Å². The summed E-state index contributed by atoms with van der Waals surface area (Å²) in [7, 11) is 0. The van der Waals surface area contributed by atoms with Gasteiger partial charge in [0.05, 0.1) is 24.0 Å². The van der Waals surface area contributed by atoms with E-state index in [1.807, 2.05) is 37.3 Å². The van der Waals surface area contributed by atoms with Gasteiger partial charge in [-0.25, -0.2) is 4.68 Å². The Balaban J connectivity index is 2.04. The number of aliphatic hydroxyl groups excluding tert-OH is 1. The molecule has 0 saturated heterocycles. The number of fused-ring (bicyclic) bond motifs is 4.